The first-order valence-electron chi connectivity index (χ1n) is 1.45. The molecule has 9 heteroatoms. The topological polar surface area (TPSA) is 84.9 Å². The van der Waals surface area contributed by atoms with Crippen molar-refractivity contribution in [1.29, 1.82) is 0 Å². The predicted molar refractivity (Wildman–Crippen MR) is 22.0 cm³/mol. The van der Waals surface area contributed by atoms with Crippen molar-refractivity contribution in [3.05, 3.63) is 0 Å². The molecular weight excluding hydrogens is 180 g/mol. The molecule has 0 heterocycles. The fraction of sp³-hybridized carbons (Fsp3) is 0. The van der Waals surface area contributed by atoms with E-state index in [1.54, 1.807) is 0 Å². The van der Waals surface area contributed by atoms with E-state index >= 15 is 0 Å². The van der Waals surface area contributed by atoms with E-state index in [1.165, 1.54) is 0 Å². The summed E-state index contributed by atoms with van der Waals surface area (Å²) in [4.78, 5) is 0. The van der Waals surface area contributed by atoms with Gasteiger partial charge in [0.05, 0.1) is 0 Å². The number of rotatable bonds is 2. The van der Waals surface area contributed by atoms with Crippen LogP contribution in [0.15, 0.2) is 0 Å². The summed E-state index contributed by atoms with van der Waals surface area (Å²) in [5.41, 5.74) is 0. The zero-order valence-electron chi connectivity index (χ0n) is 3.78. The standard InChI is InChI=1S/F2HNO4S2/c1-8(4,5)3-9(2,6)7/h3H/p+1. The summed E-state index contributed by atoms with van der Waals surface area (Å²) in [7, 11) is -10.7. The Balaban J connectivity index is 4.46. The second-order valence-electron chi connectivity index (χ2n) is 1.05. The van der Waals surface area contributed by atoms with Crippen LogP contribution in [0.5, 0.6) is 0 Å². The van der Waals surface area contributed by atoms with Gasteiger partial charge in [-0.25, -0.2) is 0 Å². The summed E-state index contributed by atoms with van der Waals surface area (Å²) in [5.74, 6) is 0. The summed E-state index contributed by atoms with van der Waals surface area (Å²) in [6, 6.07) is 0. The fourth-order valence-electron chi connectivity index (χ4n) is 0.137. The molecule has 0 aromatic carbocycles. The summed E-state index contributed by atoms with van der Waals surface area (Å²) in [6.45, 7) is 0. The van der Waals surface area contributed by atoms with Crippen molar-refractivity contribution in [2.75, 3.05) is 0 Å². The maximum absolute atomic E-state index is 11.2. The molecule has 0 aromatic rings. The van der Waals surface area contributed by atoms with E-state index in [0.29, 0.717) is 0 Å². The predicted octanol–water partition coefficient (Wildman–Crippen LogP) is -2.02. The zero-order valence-corrected chi connectivity index (χ0v) is 5.42. The molecule has 0 radical (unpaired) electrons. The van der Waals surface area contributed by atoms with Crippen molar-refractivity contribution in [1.82, 2.24) is 0 Å². The SMILES string of the molecule is O=S(=O)(F)[NH2+]S(=O)(=O)F. The molecule has 0 fully saturated rings. The Morgan fingerprint density at radius 1 is 0.889 bits per heavy atom. The Hall–Kier alpha value is -0.280. The first kappa shape index (κ1) is 8.72. The molecule has 0 spiro atoms. The third-order valence-corrected chi connectivity index (χ3v) is 2.07. The molecule has 0 bridgehead atoms. The maximum Gasteiger partial charge on any atom is 0.488 e. The molecule has 0 rings (SSSR count). The Morgan fingerprint density at radius 3 is 1.11 bits per heavy atom. The lowest BCUT2D eigenvalue weighted by Gasteiger charge is -1.82. The van der Waals surface area contributed by atoms with Crippen molar-refractivity contribution in [3.8, 4) is 0 Å². The summed E-state index contributed by atoms with van der Waals surface area (Å²) < 4.78 is 58.6. The van der Waals surface area contributed by atoms with Gasteiger partial charge in [-0.2, -0.15) is 0 Å². The van der Waals surface area contributed by atoms with Gasteiger partial charge in [0.15, 0.2) is 0 Å². The second kappa shape index (κ2) is 2.15. The summed E-state index contributed by atoms with van der Waals surface area (Å²) in [6.07, 6.45) is 0. The number of halogens is 2. The number of hydrogen-bond acceptors (Lipinski definition) is 4. The van der Waals surface area contributed by atoms with Crippen molar-refractivity contribution in [2.24, 2.45) is 0 Å². The number of hydrogen-bond donors (Lipinski definition) is 1. The lowest BCUT2D eigenvalue weighted by atomic mass is 13.9. The van der Waals surface area contributed by atoms with Crippen LogP contribution in [0.25, 0.3) is 0 Å². The second-order valence-corrected chi connectivity index (χ2v) is 3.72. The molecule has 56 valence electrons. The highest BCUT2D eigenvalue weighted by molar-refractivity contribution is 7.91. The average molecular weight is 182 g/mol. The van der Waals surface area contributed by atoms with E-state index in [1.807, 2.05) is 0 Å². The van der Waals surface area contributed by atoms with E-state index in [-0.39, 0.29) is 0 Å². The first-order chi connectivity index (χ1) is 3.71. The lowest BCUT2D eigenvalue weighted by Crippen LogP contribution is -2.87. The molecule has 0 aliphatic carbocycles. The van der Waals surface area contributed by atoms with E-state index in [9.17, 15) is 24.6 Å². The molecule has 0 aliphatic rings. The fourth-order valence-corrected chi connectivity index (χ4v) is 1.24. The Bertz CT molecular complexity index is 242. The first-order valence-corrected chi connectivity index (χ1v) is 4.34. The van der Waals surface area contributed by atoms with Crippen molar-refractivity contribution in [2.45, 2.75) is 0 Å². The molecule has 5 nitrogen and oxygen atoms in total. The van der Waals surface area contributed by atoms with Gasteiger partial charge in [-0.05, 0) is 0 Å². The van der Waals surface area contributed by atoms with Crippen LogP contribution in [0.1, 0.15) is 0 Å². The molecule has 0 aliphatic heterocycles. The molecule has 0 amide bonds. The third kappa shape index (κ3) is 7.72. The Labute approximate surface area is 50.4 Å². The normalized spacial score (nSPS) is 13.6. The Kier molecular flexibility index (Phi) is 2.09. The van der Waals surface area contributed by atoms with Crippen LogP contribution in [-0.2, 0) is 20.8 Å². The maximum atomic E-state index is 11.2. The molecule has 2 N–H and O–H groups in total. The van der Waals surface area contributed by atoms with Gasteiger partial charge < -0.3 is 0 Å². The monoisotopic (exact) mass is 182 g/mol. The molecule has 0 saturated carbocycles. The highest BCUT2D eigenvalue weighted by atomic mass is 32.3. The van der Waals surface area contributed by atoms with Crippen LogP contribution >= 0.6 is 0 Å². The van der Waals surface area contributed by atoms with Crippen molar-refractivity contribution < 1.29 is 28.7 Å². The van der Waals surface area contributed by atoms with Crippen LogP contribution in [0, 0.1) is 0 Å². The van der Waals surface area contributed by atoms with Crippen LogP contribution in [0.2, 0.25) is 0 Å². The minimum Gasteiger partial charge on any atom is -0.140 e. The molecule has 9 heavy (non-hydrogen) atoms. The van der Waals surface area contributed by atoms with Gasteiger partial charge in [0.25, 0.3) is 0 Å². The molecule has 0 aromatic heterocycles. The largest absolute Gasteiger partial charge is 0.488 e. The lowest BCUT2D eigenvalue weighted by molar-refractivity contribution is -0.327. The van der Waals surface area contributed by atoms with E-state index in [4.69, 9.17) is 0 Å². The van der Waals surface area contributed by atoms with E-state index < -0.39 is 24.9 Å². The van der Waals surface area contributed by atoms with E-state index in [0.717, 1.165) is 0 Å². The van der Waals surface area contributed by atoms with Gasteiger partial charge in [0.1, 0.15) is 0 Å². The van der Waals surface area contributed by atoms with Gasteiger partial charge in [-0.3, -0.25) is 0 Å². The van der Waals surface area contributed by atoms with Crippen LogP contribution in [-0.4, -0.2) is 16.8 Å². The van der Waals surface area contributed by atoms with Crippen LogP contribution < -0.4 is 4.13 Å². The smallest absolute Gasteiger partial charge is 0.140 e. The highest BCUT2D eigenvalue weighted by Crippen LogP contribution is 1.76. The third-order valence-electron chi connectivity index (χ3n) is 0.230. The quantitative estimate of drug-likeness (QED) is 0.499. The summed E-state index contributed by atoms with van der Waals surface area (Å²) >= 11 is 0. The van der Waals surface area contributed by atoms with Gasteiger partial charge in [0, 0.05) is 0 Å². The molecular formula is H2F2NO4S2+. The number of nitrogens with two attached hydrogens (primary N) is 1. The summed E-state index contributed by atoms with van der Waals surface area (Å²) in [5, 5.41) is 0. The van der Waals surface area contributed by atoms with Crippen LogP contribution in [0.4, 0.5) is 7.77 Å². The van der Waals surface area contributed by atoms with Crippen LogP contribution in [0.3, 0.4) is 0 Å². The van der Waals surface area contributed by atoms with Crippen molar-refractivity contribution >= 4 is 20.8 Å². The van der Waals surface area contributed by atoms with Gasteiger partial charge in [-0.15, -0.1) is 16.8 Å². The molecule has 0 unspecified atom stereocenters. The van der Waals surface area contributed by atoms with Gasteiger partial charge >= 0.3 is 20.8 Å². The van der Waals surface area contributed by atoms with E-state index in [2.05, 4.69) is 0 Å². The van der Waals surface area contributed by atoms with Gasteiger partial charge in [0.2, 0.25) is 0 Å². The molecule has 0 atom stereocenters. The molecule has 0 saturated heterocycles. The number of quaternary nitrogens is 1. The minimum atomic E-state index is -5.37. The Morgan fingerprint density at radius 2 is 1.11 bits per heavy atom. The minimum absolute atomic E-state index is 1.01. The van der Waals surface area contributed by atoms with Crippen molar-refractivity contribution in [3.63, 3.8) is 0 Å². The zero-order chi connectivity index (χ0) is 7.71. The van der Waals surface area contributed by atoms with Gasteiger partial charge in [-0.1, -0.05) is 11.9 Å². The average Bonchev–Trinajstić information content (AvgIpc) is 1.14. The highest BCUT2D eigenvalue weighted by Gasteiger charge is 2.22.